The Hall–Kier alpha value is -0.0800. The molecule has 0 aromatic carbocycles. The molecule has 2 heteroatoms. The molecular formula is C15H31NO. The summed E-state index contributed by atoms with van der Waals surface area (Å²) in [4.78, 5) is 0. The van der Waals surface area contributed by atoms with E-state index in [4.69, 9.17) is 4.74 Å². The SMILES string of the molecule is COCCNCC(CCC(C)C)C1CCCC1. The van der Waals surface area contributed by atoms with Gasteiger partial charge in [-0.1, -0.05) is 46.0 Å². The molecule has 1 unspecified atom stereocenters. The molecule has 0 spiro atoms. The summed E-state index contributed by atoms with van der Waals surface area (Å²) in [6, 6.07) is 0. The summed E-state index contributed by atoms with van der Waals surface area (Å²) in [5, 5.41) is 3.56. The highest BCUT2D eigenvalue weighted by Crippen LogP contribution is 2.34. The van der Waals surface area contributed by atoms with Crippen LogP contribution in [0, 0.1) is 17.8 Å². The highest BCUT2D eigenvalue weighted by Gasteiger charge is 2.24. The summed E-state index contributed by atoms with van der Waals surface area (Å²) in [5.74, 6) is 2.73. The molecule has 1 aliphatic carbocycles. The lowest BCUT2D eigenvalue weighted by molar-refractivity contribution is 0.193. The zero-order valence-electron chi connectivity index (χ0n) is 12.0. The molecule has 102 valence electrons. The van der Waals surface area contributed by atoms with Gasteiger partial charge in [0.1, 0.15) is 0 Å². The Morgan fingerprint density at radius 1 is 1.18 bits per heavy atom. The van der Waals surface area contributed by atoms with Crippen molar-refractivity contribution < 1.29 is 4.74 Å². The van der Waals surface area contributed by atoms with Gasteiger partial charge in [0.15, 0.2) is 0 Å². The van der Waals surface area contributed by atoms with Crippen molar-refractivity contribution in [3.8, 4) is 0 Å². The maximum absolute atomic E-state index is 5.08. The molecule has 0 aliphatic heterocycles. The van der Waals surface area contributed by atoms with E-state index in [-0.39, 0.29) is 0 Å². The Balaban J connectivity index is 2.24. The van der Waals surface area contributed by atoms with Gasteiger partial charge in [-0.15, -0.1) is 0 Å². The second kappa shape index (κ2) is 8.93. The van der Waals surface area contributed by atoms with Crippen molar-refractivity contribution in [2.75, 3.05) is 26.8 Å². The lowest BCUT2D eigenvalue weighted by atomic mass is 9.85. The Bertz CT molecular complexity index is 176. The first-order valence-electron chi connectivity index (χ1n) is 7.43. The van der Waals surface area contributed by atoms with Crippen LogP contribution in [0.3, 0.4) is 0 Å². The lowest BCUT2D eigenvalue weighted by Gasteiger charge is -2.24. The number of nitrogens with one attached hydrogen (secondary N) is 1. The first kappa shape index (κ1) is 15.0. The van der Waals surface area contributed by atoms with Crippen LogP contribution in [0.1, 0.15) is 52.4 Å². The highest BCUT2D eigenvalue weighted by atomic mass is 16.5. The maximum Gasteiger partial charge on any atom is 0.0587 e. The fraction of sp³-hybridized carbons (Fsp3) is 1.00. The second-order valence-corrected chi connectivity index (χ2v) is 5.97. The molecule has 0 radical (unpaired) electrons. The summed E-state index contributed by atoms with van der Waals surface area (Å²) >= 11 is 0. The minimum atomic E-state index is 0.835. The fourth-order valence-corrected chi connectivity index (χ4v) is 2.94. The molecule has 1 N–H and O–H groups in total. The third-order valence-corrected chi connectivity index (χ3v) is 4.07. The number of ether oxygens (including phenoxy) is 1. The van der Waals surface area contributed by atoms with Crippen molar-refractivity contribution in [2.24, 2.45) is 17.8 Å². The molecule has 0 aromatic heterocycles. The van der Waals surface area contributed by atoms with Gasteiger partial charge in [-0.25, -0.2) is 0 Å². The van der Waals surface area contributed by atoms with E-state index >= 15 is 0 Å². The summed E-state index contributed by atoms with van der Waals surface area (Å²) < 4.78 is 5.08. The lowest BCUT2D eigenvalue weighted by Crippen LogP contribution is -2.30. The second-order valence-electron chi connectivity index (χ2n) is 5.97. The predicted molar refractivity (Wildman–Crippen MR) is 74.3 cm³/mol. The third kappa shape index (κ3) is 6.42. The van der Waals surface area contributed by atoms with Gasteiger partial charge in [0.05, 0.1) is 6.61 Å². The van der Waals surface area contributed by atoms with Crippen LogP contribution in [0.2, 0.25) is 0 Å². The van der Waals surface area contributed by atoms with Gasteiger partial charge in [0.2, 0.25) is 0 Å². The van der Waals surface area contributed by atoms with E-state index in [0.717, 1.165) is 30.9 Å². The molecule has 0 heterocycles. The Labute approximate surface area is 108 Å². The summed E-state index contributed by atoms with van der Waals surface area (Å²) in [7, 11) is 1.77. The minimum Gasteiger partial charge on any atom is -0.383 e. The van der Waals surface area contributed by atoms with Crippen LogP contribution >= 0.6 is 0 Å². The van der Waals surface area contributed by atoms with Crippen molar-refractivity contribution in [1.82, 2.24) is 5.32 Å². The van der Waals surface area contributed by atoms with E-state index in [1.165, 1.54) is 45.1 Å². The predicted octanol–water partition coefficient (Wildman–Crippen LogP) is 3.47. The first-order chi connectivity index (χ1) is 8.24. The molecule has 0 aromatic rings. The number of rotatable bonds is 9. The zero-order valence-corrected chi connectivity index (χ0v) is 12.0. The van der Waals surface area contributed by atoms with Crippen LogP contribution in [0.15, 0.2) is 0 Å². The molecule has 0 bridgehead atoms. The quantitative estimate of drug-likeness (QED) is 0.624. The molecular weight excluding hydrogens is 210 g/mol. The van der Waals surface area contributed by atoms with E-state index < -0.39 is 0 Å². The molecule has 2 nitrogen and oxygen atoms in total. The van der Waals surface area contributed by atoms with Crippen LogP contribution in [0.5, 0.6) is 0 Å². The third-order valence-electron chi connectivity index (χ3n) is 4.07. The van der Waals surface area contributed by atoms with E-state index in [1.807, 2.05) is 0 Å². The normalized spacial score (nSPS) is 19.1. The molecule has 1 fully saturated rings. The molecule has 1 aliphatic rings. The van der Waals surface area contributed by atoms with Gasteiger partial charge < -0.3 is 10.1 Å². The molecule has 0 amide bonds. The van der Waals surface area contributed by atoms with Gasteiger partial charge in [-0.05, 0) is 30.7 Å². The molecule has 1 atom stereocenters. The largest absolute Gasteiger partial charge is 0.383 e. The fourth-order valence-electron chi connectivity index (χ4n) is 2.94. The Morgan fingerprint density at radius 3 is 2.47 bits per heavy atom. The van der Waals surface area contributed by atoms with Crippen molar-refractivity contribution in [1.29, 1.82) is 0 Å². The van der Waals surface area contributed by atoms with Gasteiger partial charge in [0.25, 0.3) is 0 Å². The topological polar surface area (TPSA) is 21.3 Å². The average Bonchev–Trinajstić information content (AvgIpc) is 2.81. The number of hydrogen-bond donors (Lipinski definition) is 1. The van der Waals surface area contributed by atoms with Crippen LogP contribution in [-0.2, 0) is 4.74 Å². The standard InChI is InChI=1S/C15H31NO/c1-13(2)8-9-15(12-16-10-11-17-3)14-6-4-5-7-14/h13-16H,4-12H2,1-3H3. The molecule has 1 saturated carbocycles. The Morgan fingerprint density at radius 2 is 1.88 bits per heavy atom. The zero-order chi connectivity index (χ0) is 12.5. The van der Waals surface area contributed by atoms with E-state index in [1.54, 1.807) is 7.11 Å². The van der Waals surface area contributed by atoms with Crippen molar-refractivity contribution in [3.63, 3.8) is 0 Å². The van der Waals surface area contributed by atoms with Gasteiger partial charge in [-0.2, -0.15) is 0 Å². The minimum absolute atomic E-state index is 0.835. The van der Waals surface area contributed by atoms with Gasteiger partial charge in [0, 0.05) is 13.7 Å². The monoisotopic (exact) mass is 241 g/mol. The van der Waals surface area contributed by atoms with Crippen LogP contribution < -0.4 is 5.32 Å². The van der Waals surface area contributed by atoms with Crippen LogP contribution in [0.25, 0.3) is 0 Å². The van der Waals surface area contributed by atoms with Gasteiger partial charge >= 0.3 is 0 Å². The molecule has 17 heavy (non-hydrogen) atoms. The summed E-state index contributed by atoms with van der Waals surface area (Å²) in [5.41, 5.74) is 0. The van der Waals surface area contributed by atoms with Crippen molar-refractivity contribution >= 4 is 0 Å². The van der Waals surface area contributed by atoms with Crippen LogP contribution in [0.4, 0.5) is 0 Å². The van der Waals surface area contributed by atoms with E-state index in [2.05, 4.69) is 19.2 Å². The smallest absolute Gasteiger partial charge is 0.0587 e. The highest BCUT2D eigenvalue weighted by molar-refractivity contribution is 4.77. The summed E-state index contributed by atoms with van der Waals surface area (Å²) in [6.45, 7) is 7.71. The van der Waals surface area contributed by atoms with Crippen molar-refractivity contribution in [2.45, 2.75) is 52.4 Å². The number of hydrogen-bond acceptors (Lipinski definition) is 2. The van der Waals surface area contributed by atoms with Gasteiger partial charge in [-0.3, -0.25) is 0 Å². The average molecular weight is 241 g/mol. The summed E-state index contributed by atoms with van der Waals surface area (Å²) in [6.07, 6.45) is 8.64. The van der Waals surface area contributed by atoms with Crippen LogP contribution in [-0.4, -0.2) is 26.8 Å². The Kier molecular flexibility index (Phi) is 7.87. The van der Waals surface area contributed by atoms with E-state index in [9.17, 15) is 0 Å². The van der Waals surface area contributed by atoms with E-state index in [0.29, 0.717) is 0 Å². The maximum atomic E-state index is 5.08. The number of methoxy groups -OCH3 is 1. The van der Waals surface area contributed by atoms with Crippen molar-refractivity contribution in [3.05, 3.63) is 0 Å². The molecule has 0 saturated heterocycles. The first-order valence-corrected chi connectivity index (χ1v) is 7.43. The molecule has 1 rings (SSSR count).